The number of hydrogen-bond donors (Lipinski definition) is 0. The van der Waals surface area contributed by atoms with Gasteiger partial charge in [-0.25, -0.2) is 13.2 Å². The Balaban J connectivity index is 2.85. The van der Waals surface area contributed by atoms with E-state index in [1.807, 2.05) is 0 Å². The molecule has 1 rings (SSSR count). The summed E-state index contributed by atoms with van der Waals surface area (Å²) in [5.74, 6) is -0.806. The summed E-state index contributed by atoms with van der Waals surface area (Å²) in [4.78, 5) is 24.0. The van der Waals surface area contributed by atoms with Crippen LogP contribution in [0, 0.1) is 17.0 Å². The Kier molecular flexibility index (Phi) is 9.13. The molecule has 0 unspecified atom stereocenters. The van der Waals surface area contributed by atoms with E-state index in [1.165, 1.54) is 42.2 Å². The third kappa shape index (κ3) is 7.28. The predicted molar refractivity (Wildman–Crippen MR) is 116 cm³/mol. The van der Waals surface area contributed by atoms with E-state index in [0.29, 0.717) is 11.1 Å². The number of nitro groups is 1. The number of nitrogens with zero attached hydrogens (tertiary/aromatic N) is 3. The second kappa shape index (κ2) is 11.1. The molecule has 0 spiro atoms. The van der Waals surface area contributed by atoms with Crippen LogP contribution in [0.4, 0.5) is 5.69 Å². The van der Waals surface area contributed by atoms with Crippen LogP contribution in [0.15, 0.2) is 59.6 Å². The average molecular weight is 436 g/mol. The van der Waals surface area contributed by atoms with Crippen molar-refractivity contribution in [3.63, 3.8) is 0 Å². The lowest BCUT2D eigenvalue weighted by Crippen LogP contribution is -2.32. The van der Waals surface area contributed by atoms with Crippen LogP contribution in [0.5, 0.6) is 0 Å². The van der Waals surface area contributed by atoms with Gasteiger partial charge in [0.05, 0.1) is 22.8 Å². The number of hydrogen-bond acceptors (Lipinski definition) is 6. The summed E-state index contributed by atoms with van der Waals surface area (Å²) >= 11 is 0. The zero-order valence-corrected chi connectivity index (χ0v) is 18.0. The molecule has 0 bridgehead atoms. The molecule has 0 aliphatic carbocycles. The summed E-state index contributed by atoms with van der Waals surface area (Å²) in [6.45, 7) is 10.6. The van der Waals surface area contributed by atoms with Gasteiger partial charge in [0.15, 0.2) is 0 Å². The fourth-order valence-electron chi connectivity index (χ4n) is 2.30. The van der Waals surface area contributed by atoms with E-state index in [-0.39, 0.29) is 36.0 Å². The number of carbonyl (C=O) groups is 1. The molecule has 0 saturated heterocycles. The molecule has 0 N–H and O–H groups in total. The van der Waals surface area contributed by atoms with Crippen LogP contribution in [-0.4, -0.2) is 56.0 Å². The summed E-state index contributed by atoms with van der Waals surface area (Å²) in [5.41, 5.74) is 0.738. The normalized spacial score (nSPS) is 11.9. The maximum atomic E-state index is 12.2. The third-order valence-electron chi connectivity index (χ3n) is 3.95. The van der Waals surface area contributed by atoms with Crippen LogP contribution in [0.2, 0.25) is 0 Å². The molecular formula is C20H25N3O6S. The number of rotatable bonds is 10. The monoisotopic (exact) mass is 435 g/mol. The Morgan fingerprint density at radius 3 is 2.60 bits per heavy atom. The van der Waals surface area contributed by atoms with E-state index in [9.17, 15) is 23.3 Å². The molecule has 0 heterocycles. The Labute approximate surface area is 176 Å². The Morgan fingerprint density at radius 1 is 1.40 bits per heavy atom. The first-order chi connectivity index (χ1) is 14.0. The van der Waals surface area contributed by atoms with Crippen molar-refractivity contribution in [3.8, 4) is 0 Å². The summed E-state index contributed by atoms with van der Waals surface area (Å²) in [6.07, 6.45) is 4.46. The van der Waals surface area contributed by atoms with Gasteiger partial charge in [-0.1, -0.05) is 31.4 Å². The number of ether oxygens (including phenoxy) is 1. The van der Waals surface area contributed by atoms with E-state index in [0.717, 1.165) is 0 Å². The minimum atomic E-state index is -3.76. The first-order valence-corrected chi connectivity index (χ1v) is 10.5. The summed E-state index contributed by atoms with van der Waals surface area (Å²) in [6, 6.07) is 3.94. The predicted octanol–water partition coefficient (Wildman–Crippen LogP) is 3.04. The van der Waals surface area contributed by atoms with Crippen LogP contribution >= 0.6 is 0 Å². The number of benzene rings is 1. The van der Waals surface area contributed by atoms with Crippen molar-refractivity contribution >= 4 is 27.5 Å². The Hall–Kier alpha value is -3.27. The van der Waals surface area contributed by atoms with Gasteiger partial charge in [0, 0.05) is 24.3 Å². The Morgan fingerprint density at radius 2 is 2.07 bits per heavy atom. The fraction of sp³-hybridized carbons (Fsp3) is 0.300. The van der Waals surface area contributed by atoms with E-state index in [1.54, 1.807) is 20.0 Å². The zero-order chi connectivity index (χ0) is 22.9. The summed E-state index contributed by atoms with van der Waals surface area (Å²) < 4.78 is 33.2. The first kappa shape index (κ1) is 24.8. The number of nitro benzene ring substituents is 1. The van der Waals surface area contributed by atoms with Gasteiger partial charge in [-0.15, -0.1) is 4.40 Å². The minimum absolute atomic E-state index is 0.0658. The molecule has 0 radical (unpaired) electrons. The van der Waals surface area contributed by atoms with Crippen molar-refractivity contribution in [2.75, 3.05) is 26.0 Å². The summed E-state index contributed by atoms with van der Waals surface area (Å²) in [5, 5.41) is 10.9. The number of amidine groups is 1. The molecule has 30 heavy (non-hydrogen) atoms. The number of esters is 1. The standard InChI is InChI=1S/C20H25N3O6S/c1-6-8-13-30(27,28)21-19(15(3)7-2)22(5)11-12-29-20(24)17-9-10-18(23(25)26)16(4)14-17/h6-10,14H,2-3,11-13H2,1,4-5H3/b8-6-,21-19+. The van der Waals surface area contributed by atoms with Crippen LogP contribution < -0.4 is 0 Å². The van der Waals surface area contributed by atoms with E-state index < -0.39 is 20.9 Å². The minimum Gasteiger partial charge on any atom is -0.460 e. The number of carbonyl (C=O) groups excluding carboxylic acids is 1. The number of aryl methyl sites for hydroxylation is 1. The van der Waals surface area contributed by atoms with Crippen molar-refractivity contribution in [1.82, 2.24) is 4.90 Å². The highest BCUT2D eigenvalue weighted by molar-refractivity contribution is 7.90. The number of allylic oxidation sites excluding steroid dienone is 1. The van der Waals surface area contributed by atoms with Gasteiger partial charge in [0.1, 0.15) is 12.4 Å². The zero-order valence-electron chi connectivity index (χ0n) is 17.2. The molecule has 9 nitrogen and oxygen atoms in total. The lowest BCUT2D eigenvalue weighted by Gasteiger charge is -2.21. The van der Waals surface area contributed by atoms with Gasteiger partial charge < -0.3 is 9.64 Å². The van der Waals surface area contributed by atoms with Gasteiger partial charge in [-0.2, -0.15) is 0 Å². The van der Waals surface area contributed by atoms with Crippen molar-refractivity contribution in [3.05, 3.63) is 76.4 Å². The third-order valence-corrected chi connectivity index (χ3v) is 5.02. The second-order valence-electron chi connectivity index (χ2n) is 6.28. The maximum Gasteiger partial charge on any atom is 0.338 e. The molecule has 162 valence electrons. The van der Waals surface area contributed by atoms with Crippen LogP contribution in [0.3, 0.4) is 0 Å². The van der Waals surface area contributed by atoms with Crippen molar-refractivity contribution in [2.45, 2.75) is 13.8 Å². The van der Waals surface area contributed by atoms with E-state index >= 15 is 0 Å². The van der Waals surface area contributed by atoms with E-state index in [4.69, 9.17) is 4.74 Å². The molecule has 0 aliphatic rings. The molecule has 1 aromatic carbocycles. The lowest BCUT2D eigenvalue weighted by atomic mass is 10.1. The van der Waals surface area contributed by atoms with Crippen LogP contribution in [-0.2, 0) is 14.8 Å². The SMILES string of the molecule is C=CC(=C)/C(=N\S(=O)(=O)C/C=C\C)N(C)CCOC(=O)c1ccc([N+](=O)[O-])c(C)c1. The highest BCUT2D eigenvalue weighted by Gasteiger charge is 2.17. The lowest BCUT2D eigenvalue weighted by molar-refractivity contribution is -0.385. The van der Waals surface area contributed by atoms with Crippen molar-refractivity contribution in [2.24, 2.45) is 4.40 Å². The van der Waals surface area contributed by atoms with Crippen molar-refractivity contribution < 1.29 is 22.9 Å². The van der Waals surface area contributed by atoms with Gasteiger partial charge in [-0.05, 0) is 26.0 Å². The van der Waals surface area contributed by atoms with Crippen LogP contribution in [0.1, 0.15) is 22.8 Å². The average Bonchev–Trinajstić information content (AvgIpc) is 2.69. The second-order valence-corrected chi connectivity index (χ2v) is 7.96. The molecule has 0 aliphatic heterocycles. The first-order valence-electron chi connectivity index (χ1n) is 8.91. The summed E-state index contributed by atoms with van der Waals surface area (Å²) in [7, 11) is -2.17. The van der Waals surface area contributed by atoms with Gasteiger partial charge >= 0.3 is 5.97 Å². The molecule has 0 amide bonds. The molecule has 0 atom stereocenters. The number of likely N-dealkylation sites (N-methyl/N-ethyl adjacent to an activating group) is 1. The molecule has 0 aromatic heterocycles. The highest BCUT2D eigenvalue weighted by atomic mass is 32.2. The molecule has 0 fully saturated rings. The smallest absolute Gasteiger partial charge is 0.338 e. The fourth-order valence-corrected chi connectivity index (χ4v) is 3.33. The maximum absolute atomic E-state index is 12.2. The van der Waals surface area contributed by atoms with Crippen molar-refractivity contribution in [1.29, 1.82) is 0 Å². The van der Waals surface area contributed by atoms with E-state index in [2.05, 4.69) is 17.6 Å². The molecule has 1 aromatic rings. The largest absolute Gasteiger partial charge is 0.460 e. The topological polar surface area (TPSA) is 119 Å². The highest BCUT2D eigenvalue weighted by Crippen LogP contribution is 2.19. The Bertz CT molecular complexity index is 996. The molecule has 10 heteroatoms. The molecular weight excluding hydrogens is 410 g/mol. The quantitative estimate of drug-likeness (QED) is 0.105. The van der Waals surface area contributed by atoms with Gasteiger partial charge in [0.2, 0.25) is 0 Å². The van der Waals surface area contributed by atoms with Crippen LogP contribution in [0.25, 0.3) is 0 Å². The van der Waals surface area contributed by atoms with Gasteiger partial charge in [-0.3, -0.25) is 10.1 Å². The van der Waals surface area contributed by atoms with Gasteiger partial charge in [0.25, 0.3) is 15.7 Å². The number of sulfonamides is 1. The molecule has 0 saturated carbocycles.